The molecule has 0 saturated carbocycles. The Morgan fingerprint density at radius 1 is 1.57 bits per heavy atom. The first-order chi connectivity index (χ1) is 6.75. The van der Waals surface area contributed by atoms with Gasteiger partial charge in [0.1, 0.15) is 0 Å². The van der Waals surface area contributed by atoms with Crippen LogP contribution < -0.4 is 0 Å². The van der Waals surface area contributed by atoms with Gasteiger partial charge in [-0.2, -0.15) is 5.26 Å². The van der Waals surface area contributed by atoms with E-state index in [0.29, 0.717) is 6.42 Å². The molecule has 1 rings (SSSR count). The second-order valence-corrected chi connectivity index (χ2v) is 4.17. The molecule has 0 spiro atoms. The Balaban J connectivity index is 2.43. The number of hydrogen-bond donors (Lipinski definition) is 0. The van der Waals surface area contributed by atoms with Gasteiger partial charge in [0.05, 0.1) is 12.1 Å². The third kappa shape index (κ3) is 3.00. The van der Waals surface area contributed by atoms with E-state index in [1.165, 1.54) is 0 Å². The van der Waals surface area contributed by atoms with Crippen molar-refractivity contribution in [3.8, 4) is 6.07 Å². The monoisotopic (exact) mass is 211 g/mol. The summed E-state index contributed by atoms with van der Waals surface area (Å²) in [6.07, 6.45) is 1.47. The number of hydrogen-bond acceptors (Lipinski definition) is 5. The van der Waals surface area contributed by atoms with E-state index >= 15 is 0 Å². The summed E-state index contributed by atoms with van der Waals surface area (Å²) in [5, 5.41) is 20.6. The number of nitrogens with zero attached hydrogens (tertiary/aromatic N) is 5. The fraction of sp³-hybridized carbons (Fsp3) is 0.750. The van der Waals surface area contributed by atoms with Crippen molar-refractivity contribution >= 4 is 11.8 Å². The molecular formula is C8H13N5S. The number of nitriles is 1. The van der Waals surface area contributed by atoms with Crippen LogP contribution in [0.15, 0.2) is 5.16 Å². The minimum absolute atomic E-state index is 0.281. The smallest absolute Gasteiger partial charge is 0.209 e. The van der Waals surface area contributed by atoms with E-state index < -0.39 is 0 Å². The predicted molar refractivity (Wildman–Crippen MR) is 53.8 cm³/mol. The fourth-order valence-electron chi connectivity index (χ4n) is 0.919. The average Bonchev–Trinajstić information content (AvgIpc) is 2.60. The fourth-order valence-corrected chi connectivity index (χ4v) is 1.86. The second-order valence-electron chi connectivity index (χ2n) is 3.11. The first-order valence-electron chi connectivity index (χ1n) is 4.53. The lowest BCUT2D eigenvalue weighted by Crippen LogP contribution is -2.04. The van der Waals surface area contributed by atoms with Gasteiger partial charge in [0.2, 0.25) is 5.16 Å². The highest BCUT2D eigenvalue weighted by molar-refractivity contribution is 7.99. The van der Waals surface area contributed by atoms with Crippen molar-refractivity contribution in [2.24, 2.45) is 0 Å². The summed E-state index contributed by atoms with van der Waals surface area (Å²) in [6.45, 7) is 4.07. The highest BCUT2D eigenvalue weighted by Gasteiger charge is 2.08. The maximum atomic E-state index is 8.36. The van der Waals surface area contributed by atoms with Crippen LogP contribution in [0.5, 0.6) is 0 Å². The zero-order chi connectivity index (χ0) is 10.4. The molecule has 0 aliphatic heterocycles. The molecule has 0 aromatic carbocycles. The van der Waals surface area contributed by atoms with E-state index in [9.17, 15) is 0 Å². The number of thioether (sulfide) groups is 1. The summed E-state index contributed by atoms with van der Waals surface area (Å²) in [4.78, 5) is 0. The van der Waals surface area contributed by atoms with Gasteiger partial charge in [0.15, 0.2) is 0 Å². The quantitative estimate of drug-likeness (QED) is 0.547. The topological polar surface area (TPSA) is 67.4 Å². The van der Waals surface area contributed by atoms with Crippen molar-refractivity contribution in [3.63, 3.8) is 0 Å². The molecule has 1 heterocycles. The van der Waals surface area contributed by atoms with Crippen LogP contribution in [-0.4, -0.2) is 26.0 Å². The molecule has 0 N–H and O–H groups in total. The molecule has 0 saturated heterocycles. The predicted octanol–water partition coefficient (Wildman–Crippen LogP) is 1.65. The van der Waals surface area contributed by atoms with Gasteiger partial charge in [-0.1, -0.05) is 11.8 Å². The van der Waals surface area contributed by atoms with Gasteiger partial charge in [0.25, 0.3) is 0 Å². The van der Waals surface area contributed by atoms with Crippen molar-refractivity contribution in [1.29, 1.82) is 5.26 Å². The number of rotatable bonds is 5. The minimum Gasteiger partial charge on any atom is -0.218 e. The van der Waals surface area contributed by atoms with Crippen LogP contribution in [0.2, 0.25) is 0 Å². The zero-order valence-electron chi connectivity index (χ0n) is 8.34. The molecule has 0 amide bonds. The lowest BCUT2D eigenvalue weighted by Gasteiger charge is -2.05. The minimum atomic E-state index is 0.281. The van der Waals surface area contributed by atoms with Crippen LogP contribution in [0.3, 0.4) is 0 Å². The van der Waals surface area contributed by atoms with E-state index in [-0.39, 0.29) is 6.04 Å². The van der Waals surface area contributed by atoms with Crippen LogP contribution in [-0.2, 0) is 0 Å². The molecule has 0 atom stereocenters. The van der Waals surface area contributed by atoms with Gasteiger partial charge in [-0.15, -0.1) is 5.10 Å². The van der Waals surface area contributed by atoms with Crippen LogP contribution in [0, 0.1) is 11.3 Å². The molecule has 6 heteroatoms. The Bertz CT molecular complexity index is 314. The maximum Gasteiger partial charge on any atom is 0.209 e. The summed E-state index contributed by atoms with van der Waals surface area (Å²) in [7, 11) is 0. The first kappa shape index (κ1) is 11.0. The Hall–Kier alpha value is -1.09. The van der Waals surface area contributed by atoms with E-state index in [4.69, 9.17) is 5.26 Å². The summed E-state index contributed by atoms with van der Waals surface area (Å²) in [6, 6.07) is 2.39. The van der Waals surface area contributed by atoms with E-state index in [1.807, 2.05) is 13.8 Å². The molecule has 5 nitrogen and oxygen atoms in total. The highest BCUT2D eigenvalue weighted by Crippen LogP contribution is 2.18. The molecule has 14 heavy (non-hydrogen) atoms. The van der Waals surface area contributed by atoms with Gasteiger partial charge in [-0.25, -0.2) is 4.68 Å². The highest BCUT2D eigenvalue weighted by atomic mass is 32.2. The SMILES string of the molecule is CC(C)n1nnnc1SCCCC#N. The van der Waals surface area contributed by atoms with E-state index in [1.54, 1.807) is 16.4 Å². The molecule has 1 aromatic rings. The van der Waals surface area contributed by atoms with Crippen LogP contribution >= 0.6 is 11.8 Å². The van der Waals surface area contributed by atoms with Gasteiger partial charge in [-0.3, -0.25) is 0 Å². The van der Waals surface area contributed by atoms with Crippen molar-refractivity contribution in [2.75, 3.05) is 5.75 Å². The van der Waals surface area contributed by atoms with Crippen LogP contribution in [0.25, 0.3) is 0 Å². The number of tetrazole rings is 1. The summed E-state index contributed by atoms with van der Waals surface area (Å²) < 4.78 is 1.79. The second kappa shape index (κ2) is 5.60. The standard InChI is InChI=1S/C8H13N5S/c1-7(2)13-8(10-11-12-13)14-6-4-3-5-9/h7H,3-4,6H2,1-2H3. The largest absolute Gasteiger partial charge is 0.218 e. The lowest BCUT2D eigenvalue weighted by molar-refractivity contribution is 0.477. The third-order valence-corrected chi connectivity index (χ3v) is 2.64. The van der Waals surface area contributed by atoms with Crippen LogP contribution in [0.1, 0.15) is 32.7 Å². The zero-order valence-corrected chi connectivity index (χ0v) is 9.16. The normalized spacial score (nSPS) is 10.4. The van der Waals surface area contributed by atoms with Gasteiger partial charge in [0, 0.05) is 12.2 Å². The molecule has 0 aliphatic rings. The van der Waals surface area contributed by atoms with E-state index in [2.05, 4.69) is 21.6 Å². The Kier molecular flexibility index (Phi) is 4.40. The Labute approximate surface area is 87.5 Å². The summed E-state index contributed by atoms with van der Waals surface area (Å²) in [5.74, 6) is 0.890. The number of unbranched alkanes of at least 4 members (excludes halogenated alkanes) is 1. The molecule has 0 unspecified atom stereocenters. The molecule has 0 aliphatic carbocycles. The summed E-state index contributed by atoms with van der Waals surface area (Å²) >= 11 is 1.60. The van der Waals surface area contributed by atoms with E-state index in [0.717, 1.165) is 17.3 Å². The molecule has 1 aromatic heterocycles. The molecule has 0 radical (unpaired) electrons. The first-order valence-corrected chi connectivity index (χ1v) is 5.52. The van der Waals surface area contributed by atoms with Crippen molar-refractivity contribution in [1.82, 2.24) is 20.2 Å². The third-order valence-electron chi connectivity index (χ3n) is 1.62. The van der Waals surface area contributed by atoms with Gasteiger partial charge < -0.3 is 0 Å². The maximum absolute atomic E-state index is 8.36. The van der Waals surface area contributed by atoms with Crippen molar-refractivity contribution in [2.45, 2.75) is 37.9 Å². The van der Waals surface area contributed by atoms with Crippen molar-refractivity contribution < 1.29 is 0 Å². The Morgan fingerprint density at radius 3 is 3.00 bits per heavy atom. The molecule has 76 valence electrons. The summed E-state index contributed by atoms with van der Waals surface area (Å²) in [5.41, 5.74) is 0. The molecule has 0 fully saturated rings. The molecular weight excluding hydrogens is 198 g/mol. The van der Waals surface area contributed by atoms with Gasteiger partial charge >= 0.3 is 0 Å². The van der Waals surface area contributed by atoms with Crippen LogP contribution in [0.4, 0.5) is 0 Å². The van der Waals surface area contributed by atoms with Crippen molar-refractivity contribution in [3.05, 3.63) is 0 Å². The number of aromatic nitrogens is 4. The lowest BCUT2D eigenvalue weighted by atomic mass is 10.4. The van der Waals surface area contributed by atoms with Gasteiger partial charge in [-0.05, 0) is 30.7 Å². The average molecular weight is 211 g/mol. The molecule has 0 bridgehead atoms. The Morgan fingerprint density at radius 2 is 2.36 bits per heavy atom.